The Balaban J connectivity index is 2.28. The molecule has 110 valence electrons. The number of nitrogen functional groups attached to an aromatic ring is 1. The quantitative estimate of drug-likeness (QED) is 0.795. The topological polar surface area (TPSA) is 64.3 Å². The van der Waals surface area contributed by atoms with Gasteiger partial charge < -0.3 is 15.8 Å². The van der Waals surface area contributed by atoms with E-state index in [2.05, 4.69) is 21.2 Å². The summed E-state index contributed by atoms with van der Waals surface area (Å²) < 4.78 is 5.83. The van der Waals surface area contributed by atoms with Crippen molar-refractivity contribution in [2.45, 2.75) is 6.92 Å². The summed E-state index contributed by atoms with van der Waals surface area (Å²) in [6.45, 7) is 1.80. The molecule has 21 heavy (non-hydrogen) atoms. The molecular weight excluding hydrogens is 356 g/mol. The Morgan fingerprint density at radius 2 is 2.05 bits per heavy atom. The van der Waals surface area contributed by atoms with Crippen molar-refractivity contribution in [3.05, 3.63) is 51.0 Å². The lowest BCUT2D eigenvalue weighted by atomic mass is 10.1. The second kappa shape index (κ2) is 6.37. The van der Waals surface area contributed by atoms with E-state index in [4.69, 9.17) is 22.1 Å². The number of methoxy groups -OCH3 is 1. The van der Waals surface area contributed by atoms with Gasteiger partial charge in [-0.2, -0.15) is 0 Å². The van der Waals surface area contributed by atoms with E-state index in [-0.39, 0.29) is 5.91 Å². The van der Waals surface area contributed by atoms with Crippen molar-refractivity contribution in [1.29, 1.82) is 0 Å². The predicted molar refractivity (Wildman–Crippen MR) is 89.2 cm³/mol. The predicted octanol–water partition coefficient (Wildman–Crippen LogP) is 4.25. The second-order valence-electron chi connectivity index (χ2n) is 4.47. The zero-order valence-electron chi connectivity index (χ0n) is 11.5. The van der Waals surface area contributed by atoms with Crippen molar-refractivity contribution < 1.29 is 9.53 Å². The minimum absolute atomic E-state index is 0.248. The van der Waals surface area contributed by atoms with Crippen LogP contribution in [0.5, 0.6) is 5.75 Å². The Kier molecular flexibility index (Phi) is 4.75. The highest BCUT2D eigenvalue weighted by Crippen LogP contribution is 2.28. The number of halogens is 2. The van der Waals surface area contributed by atoms with Gasteiger partial charge in [0.25, 0.3) is 5.91 Å². The van der Waals surface area contributed by atoms with Crippen LogP contribution in [0.3, 0.4) is 0 Å². The summed E-state index contributed by atoms with van der Waals surface area (Å²) in [6.07, 6.45) is 0. The number of nitrogens with one attached hydrogen (secondary N) is 1. The van der Waals surface area contributed by atoms with Crippen LogP contribution in [0.1, 0.15) is 15.9 Å². The number of hydrogen-bond acceptors (Lipinski definition) is 3. The third-order valence-electron chi connectivity index (χ3n) is 3.07. The molecule has 3 N–H and O–H groups in total. The standard InChI is InChI=1S/C15H14BrClN2O2/c1-8-11(5-9(16)6-13(8)18)15(20)19-10-3-4-14(21-2)12(17)7-10/h3-7H,18H2,1-2H3,(H,19,20). The SMILES string of the molecule is COc1ccc(NC(=O)c2cc(Br)cc(N)c2C)cc1Cl. The molecule has 0 saturated heterocycles. The molecule has 2 aromatic carbocycles. The Hall–Kier alpha value is -1.72. The fourth-order valence-corrected chi connectivity index (χ4v) is 2.61. The molecule has 0 aliphatic rings. The van der Waals surface area contributed by atoms with Crippen LogP contribution >= 0.6 is 27.5 Å². The number of ether oxygens (including phenoxy) is 1. The van der Waals surface area contributed by atoms with Gasteiger partial charge in [-0.05, 0) is 42.8 Å². The van der Waals surface area contributed by atoms with Gasteiger partial charge in [-0.3, -0.25) is 4.79 Å². The highest BCUT2D eigenvalue weighted by Gasteiger charge is 2.13. The fraction of sp³-hybridized carbons (Fsp3) is 0.133. The van der Waals surface area contributed by atoms with E-state index in [1.54, 1.807) is 37.3 Å². The largest absolute Gasteiger partial charge is 0.495 e. The van der Waals surface area contributed by atoms with Crippen LogP contribution in [0.4, 0.5) is 11.4 Å². The number of anilines is 2. The number of carbonyl (C=O) groups excluding carboxylic acids is 1. The minimum Gasteiger partial charge on any atom is -0.495 e. The van der Waals surface area contributed by atoms with Gasteiger partial charge in [0.15, 0.2) is 0 Å². The van der Waals surface area contributed by atoms with Gasteiger partial charge in [-0.1, -0.05) is 27.5 Å². The van der Waals surface area contributed by atoms with Gasteiger partial charge in [0.05, 0.1) is 12.1 Å². The molecule has 6 heteroatoms. The molecule has 2 aromatic rings. The molecule has 0 fully saturated rings. The monoisotopic (exact) mass is 368 g/mol. The van der Waals surface area contributed by atoms with Crippen molar-refractivity contribution in [2.75, 3.05) is 18.2 Å². The van der Waals surface area contributed by atoms with Crippen LogP contribution in [0, 0.1) is 6.92 Å². The Morgan fingerprint density at radius 1 is 1.33 bits per heavy atom. The normalized spacial score (nSPS) is 10.3. The van der Waals surface area contributed by atoms with Crippen molar-refractivity contribution in [3.63, 3.8) is 0 Å². The molecule has 1 amide bonds. The molecule has 0 aliphatic carbocycles. The smallest absolute Gasteiger partial charge is 0.256 e. The molecule has 0 aromatic heterocycles. The van der Waals surface area contributed by atoms with E-state index in [0.29, 0.717) is 27.7 Å². The van der Waals surface area contributed by atoms with Gasteiger partial charge in [-0.15, -0.1) is 0 Å². The number of amides is 1. The number of rotatable bonds is 3. The van der Waals surface area contributed by atoms with Crippen molar-refractivity contribution >= 4 is 44.8 Å². The van der Waals surface area contributed by atoms with Crippen LogP contribution in [0.15, 0.2) is 34.8 Å². The summed E-state index contributed by atoms with van der Waals surface area (Å²) >= 11 is 9.37. The maximum Gasteiger partial charge on any atom is 0.256 e. The molecular formula is C15H14BrClN2O2. The van der Waals surface area contributed by atoms with Crippen LogP contribution in [0.2, 0.25) is 5.02 Å². The lowest BCUT2D eigenvalue weighted by molar-refractivity contribution is 0.102. The number of nitrogens with two attached hydrogens (primary N) is 1. The fourth-order valence-electron chi connectivity index (χ4n) is 1.88. The third kappa shape index (κ3) is 3.49. The van der Waals surface area contributed by atoms with Gasteiger partial charge in [-0.25, -0.2) is 0 Å². The first-order chi connectivity index (χ1) is 9.92. The summed E-state index contributed by atoms with van der Waals surface area (Å²) in [5.41, 5.74) is 8.25. The van der Waals surface area contributed by atoms with E-state index < -0.39 is 0 Å². The zero-order chi connectivity index (χ0) is 15.6. The first-order valence-corrected chi connectivity index (χ1v) is 7.30. The summed E-state index contributed by atoms with van der Waals surface area (Å²) in [5.74, 6) is 0.305. The lowest BCUT2D eigenvalue weighted by Crippen LogP contribution is -2.14. The average Bonchev–Trinajstić information content (AvgIpc) is 2.43. The molecule has 0 unspecified atom stereocenters. The maximum atomic E-state index is 12.3. The van der Waals surface area contributed by atoms with Crippen LogP contribution in [-0.4, -0.2) is 13.0 Å². The molecule has 4 nitrogen and oxygen atoms in total. The Labute approximate surface area is 136 Å². The van der Waals surface area contributed by atoms with E-state index >= 15 is 0 Å². The zero-order valence-corrected chi connectivity index (χ0v) is 13.9. The first kappa shape index (κ1) is 15.7. The third-order valence-corrected chi connectivity index (χ3v) is 3.82. The molecule has 0 atom stereocenters. The highest BCUT2D eigenvalue weighted by atomic mass is 79.9. The van der Waals surface area contributed by atoms with Gasteiger partial charge >= 0.3 is 0 Å². The Morgan fingerprint density at radius 3 is 2.67 bits per heavy atom. The van der Waals surface area contributed by atoms with Gasteiger partial charge in [0.1, 0.15) is 5.75 Å². The second-order valence-corrected chi connectivity index (χ2v) is 5.79. The summed E-state index contributed by atoms with van der Waals surface area (Å²) in [4.78, 5) is 12.3. The Bertz CT molecular complexity index is 704. The van der Waals surface area contributed by atoms with Crippen molar-refractivity contribution in [1.82, 2.24) is 0 Å². The number of carbonyl (C=O) groups is 1. The van der Waals surface area contributed by atoms with Crippen molar-refractivity contribution in [3.8, 4) is 5.75 Å². The van der Waals surface area contributed by atoms with Crippen LogP contribution < -0.4 is 15.8 Å². The van der Waals surface area contributed by atoms with Crippen LogP contribution in [0.25, 0.3) is 0 Å². The summed E-state index contributed by atoms with van der Waals surface area (Å²) in [5, 5.41) is 3.22. The minimum atomic E-state index is -0.248. The number of hydrogen-bond donors (Lipinski definition) is 2. The summed E-state index contributed by atoms with van der Waals surface area (Å²) in [6, 6.07) is 8.54. The molecule has 0 bridgehead atoms. The summed E-state index contributed by atoms with van der Waals surface area (Å²) in [7, 11) is 1.53. The van der Waals surface area contributed by atoms with E-state index in [1.165, 1.54) is 7.11 Å². The lowest BCUT2D eigenvalue weighted by Gasteiger charge is -2.11. The van der Waals surface area contributed by atoms with Crippen molar-refractivity contribution in [2.24, 2.45) is 0 Å². The van der Waals surface area contributed by atoms with E-state index in [0.717, 1.165) is 10.0 Å². The van der Waals surface area contributed by atoms with Crippen LogP contribution in [-0.2, 0) is 0 Å². The molecule has 0 spiro atoms. The average molecular weight is 370 g/mol. The first-order valence-electron chi connectivity index (χ1n) is 6.13. The number of benzene rings is 2. The van der Waals surface area contributed by atoms with Gasteiger partial charge in [0.2, 0.25) is 0 Å². The highest BCUT2D eigenvalue weighted by molar-refractivity contribution is 9.10. The molecule has 0 heterocycles. The molecule has 0 radical (unpaired) electrons. The molecule has 0 aliphatic heterocycles. The van der Waals surface area contributed by atoms with E-state index in [9.17, 15) is 4.79 Å². The molecule has 2 rings (SSSR count). The molecule has 0 saturated carbocycles. The van der Waals surface area contributed by atoms with Gasteiger partial charge in [0, 0.05) is 21.4 Å². The maximum absolute atomic E-state index is 12.3. The van der Waals surface area contributed by atoms with E-state index in [1.807, 2.05) is 0 Å².